The number of halogens is 1. The van der Waals surface area contributed by atoms with Crippen LogP contribution in [0.5, 0.6) is 0 Å². The minimum absolute atomic E-state index is 0.203. The van der Waals surface area contributed by atoms with Crippen LogP contribution in [0, 0.1) is 13.8 Å². The summed E-state index contributed by atoms with van der Waals surface area (Å²) in [7, 11) is -3.74. The summed E-state index contributed by atoms with van der Waals surface area (Å²) < 4.78 is 28.7. The van der Waals surface area contributed by atoms with E-state index in [9.17, 15) is 13.2 Å². The van der Waals surface area contributed by atoms with Gasteiger partial charge in [0.05, 0.1) is 10.6 Å². The number of carbonyl (C=O) groups excluding carboxylic acids is 1. The maximum Gasteiger partial charge on any atom is 0.262 e. The molecule has 2 rings (SSSR count). The molecule has 0 aromatic heterocycles. The zero-order chi connectivity index (χ0) is 17.2. The van der Waals surface area contributed by atoms with Gasteiger partial charge in [-0.1, -0.05) is 12.1 Å². The van der Waals surface area contributed by atoms with Crippen LogP contribution in [0.1, 0.15) is 18.1 Å². The highest BCUT2D eigenvalue weighted by molar-refractivity contribution is 9.10. The number of hydrogen-bond acceptors (Lipinski definition) is 3. The lowest BCUT2D eigenvalue weighted by molar-refractivity contribution is -0.114. The van der Waals surface area contributed by atoms with E-state index in [1.54, 1.807) is 50.2 Å². The molecule has 0 spiro atoms. The first-order valence-corrected chi connectivity index (χ1v) is 9.14. The lowest BCUT2D eigenvalue weighted by Gasteiger charge is -2.15. The van der Waals surface area contributed by atoms with E-state index in [2.05, 4.69) is 26.0 Å². The molecule has 1 amide bonds. The third kappa shape index (κ3) is 4.11. The number of nitrogens with one attached hydrogen (secondary N) is 2. The molecule has 0 aliphatic carbocycles. The molecule has 0 fully saturated rings. The van der Waals surface area contributed by atoms with Crippen LogP contribution in [0.25, 0.3) is 0 Å². The molecule has 0 saturated carbocycles. The Kier molecular flexibility index (Phi) is 5.11. The number of hydrogen-bond donors (Lipinski definition) is 2. The van der Waals surface area contributed by atoms with Crippen molar-refractivity contribution < 1.29 is 13.2 Å². The molecule has 0 bridgehead atoms. The van der Waals surface area contributed by atoms with Crippen molar-refractivity contribution in [2.45, 2.75) is 25.7 Å². The first-order valence-electron chi connectivity index (χ1n) is 6.87. The smallest absolute Gasteiger partial charge is 0.262 e. The van der Waals surface area contributed by atoms with Gasteiger partial charge in [-0.2, -0.15) is 0 Å². The molecule has 0 radical (unpaired) electrons. The minimum Gasteiger partial charge on any atom is -0.326 e. The van der Waals surface area contributed by atoms with Crippen molar-refractivity contribution in [1.82, 2.24) is 0 Å². The highest BCUT2D eigenvalue weighted by atomic mass is 79.9. The Bertz CT molecular complexity index is 840. The first-order chi connectivity index (χ1) is 10.7. The Morgan fingerprint density at radius 1 is 1.09 bits per heavy atom. The summed E-state index contributed by atoms with van der Waals surface area (Å²) >= 11 is 3.32. The maximum atomic E-state index is 12.7. The predicted molar refractivity (Wildman–Crippen MR) is 95.2 cm³/mol. The van der Waals surface area contributed by atoms with Crippen LogP contribution in [0.3, 0.4) is 0 Å². The van der Waals surface area contributed by atoms with Gasteiger partial charge in [-0.25, -0.2) is 8.42 Å². The lowest BCUT2D eigenvalue weighted by Crippen LogP contribution is -2.16. The van der Waals surface area contributed by atoms with Crippen LogP contribution in [-0.4, -0.2) is 14.3 Å². The molecule has 2 N–H and O–H groups in total. The Balaban J connectivity index is 2.44. The fraction of sp³-hybridized carbons (Fsp3) is 0.188. The number of sulfonamides is 1. The van der Waals surface area contributed by atoms with Crippen LogP contribution in [0.15, 0.2) is 45.8 Å². The second kappa shape index (κ2) is 6.72. The van der Waals surface area contributed by atoms with Gasteiger partial charge in [-0.3, -0.25) is 9.52 Å². The summed E-state index contributed by atoms with van der Waals surface area (Å²) in [4.78, 5) is 11.4. The van der Waals surface area contributed by atoms with Crippen LogP contribution < -0.4 is 10.0 Å². The monoisotopic (exact) mass is 396 g/mol. The van der Waals surface area contributed by atoms with E-state index in [-0.39, 0.29) is 10.8 Å². The fourth-order valence-electron chi connectivity index (χ4n) is 2.39. The number of aryl methyl sites for hydroxylation is 2. The van der Waals surface area contributed by atoms with Gasteiger partial charge < -0.3 is 5.32 Å². The average Bonchev–Trinajstić information content (AvgIpc) is 2.39. The van der Waals surface area contributed by atoms with Crippen molar-refractivity contribution in [3.8, 4) is 0 Å². The van der Waals surface area contributed by atoms with Crippen LogP contribution >= 0.6 is 15.9 Å². The van der Waals surface area contributed by atoms with E-state index in [1.807, 2.05) is 0 Å². The standard InChI is InChI=1S/C16H17BrN2O3S/c1-10-8-13(18-12(3)20)9-11(2)16(10)23(21,22)19-15-7-5-4-6-14(15)17/h4-9,19H,1-3H3,(H,18,20). The van der Waals surface area contributed by atoms with E-state index in [0.29, 0.717) is 27.0 Å². The Labute approximate surface area is 144 Å². The molecule has 0 aliphatic heterocycles. The molecule has 5 nitrogen and oxygen atoms in total. The predicted octanol–water partition coefficient (Wildman–Crippen LogP) is 3.83. The molecular formula is C16H17BrN2O3S. The van der Waals surface area contributed by atoms with Crippen LogP contribution in [0.2, 0.25) is 0 Å². The van der Waals surface area contributed by atoms with Crippen molar-refractivity contribution >= 4 is 43.2 Å². The number of anilines is 2. The zero-order valence-electron chi connectivity index (χ0n) is 13.0. The summed E-state index contributed by atoms with van der Waals surface area (Å²) in [5.74, 6) is -0.203. The third-order valence-electron chi connectivity index (χ3n) is 3.17. The van der Waals surface area contributed by atoms with Gasteiger partial charge in [0.2, 0.25) is 5.91 Å². The maximum absolute atomic E-state index is 12.7. The van der Waals surface area contributed by atoms with E-state index in [0.717, 1.165) is 0 Å². The highest BCUT2D eigenvalue weighted by Gasteiger charge is 2.21. The molecule has 7 heteroatoms. The molecule has 2 aromatic rings. The summed E-state index contributed by atoms with van der Waals surface area (Å²) in [6.07, 6.45) is 0. The molecule has 2 aromatic carbocycles. The van der Waals surface area contributed by atoms with E-state index >= 15 is 0 Å². The molecule has 0 unspecified atom stereocenters. The molecular weight excluding hydrogens is 380 g/mol. The van der Waals surface area contributed by atoms with Crippen molar-refractivity contribution in [1.29, 1.82) is 0 Å². The molecule has 0 heterocycles. The van der Waals surface area contributed by atoms with E-state index in [4.69, 9.17) is 0 Å². The SMILES string of the molecule is CC(=O)Nc1cc(C)c(S(=O)(=O)Nc2ccccc2Br)c(C)c1. The Hall–Kier alpha value is -1.86. The van der Waals surface area contributed by atoms with E-state index in [1.165, 1.54) is 6.92 Å². The van der Waals surface area contributed by atoms with Gasteiger partial charge in [-0.15, -0.1) is 0 Å². The Morgan fingerprint density at radius 2 is 1.65 bits per heavy atom. The van der Waals surface area contributed by atoms with Crippen molar-refractivity contribution in [3.63, 3.8) is 0 Å². The average molecular weight is 397 g/mol. The molecule has 0 saturated heterocycles. The van der Waals surface area contributed by atoms with Gasteiger partial charge in [0.1, 0.15) is 0 Å². The summed E-state index contributed by atoms with van der Waals surface area (Å²) in [5.41, 5.74) is 2.17. The van der Waals surface area contributed by atoms with E-state index < -0.39 is 10.0 Å². The second-order valence-electron chi connectivity index (χ2n) is 5.21. The number of rotatable bonds is 4. The largest absolute Gasteiger partial charge is 0.326 e. The van der Waals surface area contributed by atoms with Gasteiger partial charge in [-0.05, 0) is 65.2 Å². The quantitative estimate of drug-likeness (QED) is 0.824. The molecule has 0 aliphatic rings. The van der Waals surface area contributed by atoms with Crippen LogP contribution in [0.4, 0.5) is 11.4 Å². The van der Waals surface area contributed by atoms with Crippen LogP contribution in [-0.2, 0) is 14.8 Å². The lowest BCUT2D eigenvalue weighted by atomic mass is 10.1. The van der Waals surface area contributed by atoms with Crippen molar-refractivity contribution in [2.75, 3.05) is 10.0 Å². The molecule has 23 heavy (non-hydrogen) atoms. The normalized spacial score (nSPS) is 11.1. The molecule has 0 atom stereocenters. The van der Waals surface area contributed by atoms with Gasteiger partial charge in [0, 0.05) is 17.1 Å². The summed E-state index contributed by atoms with van der Waals surface area (Å²) in [6.45, 7) is 4.81. The first kappa shape index (κ1) is 17.5. The summed E-state index contributed by atoms with van der Waals surface area (Å²) in [6, 6.07) is 10.3. The number of para-hydroxylation sites is 1. The van der Waals surface area contributed by atoms with Crippen molar-refractivity contribution in [3.05, 3.63) is 52.0 Å². The van der Waals surface area contributed by atoms with Gasteiger partial charge >= 0.3 is 0 Å². The topological polar surface area (TPSA) is 75.3 Å². The number of carbonyl (C=O) groups is 1. The van der Waals surface area contributed by atoms with Gasteiger partial charge in [0.15, 0.2) is 0 Å². The second-order valence-corrected chi connectivity index (χ2v) is 7.68. The summed E-state index contributed by atoms with van der Waals surface area (Å²) in [5, 5.41) is 2.66. The number of benzene rings is 2. The van der Waals surface area contributed by atoms with Gasteiger partial charge in [0.25, 0.3) is 10.0 Å². The zero-order valence-corrected chi connectivity index (χ0v) is 15.4. The minimum atomic E-state index is -3.74. The fourth-order valence-corrected chi connectivity index (χ4v) is 4.44. The Morgan fingerprint density at radius 3 is 2.17 bits per heavy atom. The van der Waals surface area contributed by atoms with Crippen molar-refractivity contribution in [2.24, 2.45) is 0 Å². The molecule has 122 valence electrons. The third-order valence-corrected chi connectivity index (χ3v) is 5.53. The number of amides is 1. The highest BCUT2D eigenvalue weighted by Crippen LogP contribution is 2.29.